The van der Waals surface area contributed by atoms with Crippen molar-refractivity contribution in [3.63, 3.8) is 0 Å². The number of rotatable bonds is 5. The summed E-state index contributed by atoms with van der Waals surface area (Å²) in [7, 11) is 0. The molecule has 0 saturated heterocycles. The monoisotopic (exact) mass is 833 g/mol. The van der Waals surface area contributed by atoms with Crippen LogP contribution in [0, 0.1) is 0 Å². The van der Waals surface area contributed by atoms with Crippen LogP contribution >= 0.6 is 11.3 Å². The molecule has 4 nitrogen and oxygen atoms in total. The van der Waals surface area contributed by atoms with Crippen molar-refractivity contribution >= 4 is 53.9 Å². The van der Waals surface area contributed by atoms with Gasteiger partial charge in [0.25, 0.3) is 0 Å². The van der Waals surface area contributed by atoms with Crippen LogP contribution in [0.3, 0.4) is 0 Å². The average Bonchev–Trinajstić information content (AvgIpc) is 4.04. The van der Waals surface area contributed by atoms with E-state index >= 15 is 0 Å². The van der Waals surface area contributed by atoms with Crippen molar-refractivity contribution in [2.75, 3.05) is 0 Å². The summed E-state index contributed by atoms with van der Waals surface area (Å²) < 4.78 is 9.37. The molecule has 0 N–H and O–H groups in total. The molecule has 9 aromatic carbocycles. The third-order valence-electron chi connectivity index (χ3n) is 13.5. The number of aromatic nitrogens is 3. The Hall–Kier alpha value is -7.99. The maximum absolute atomic E-state index is 6.89. The van der Waals surface area contributed by atoms with E-state index in [0.717, 1.165) is 55.5 Å². The van der Waals surface area contributed by atoms with Gasteiger partial charge in [0.05, 0.1) is 5.92 Å². The van der Waals surface area contributed by atoms with Crippen LogP contribution in [0.5, 0.6) is 5.75 Å². The molecule has 14 rings (SSSR count). The quantitative estimate of drug-likeness (QED) is 0.173. The lowest BCUT2D eigenvalue weighted by molar-refractivity contribution is 0.257. The van der Waals surface area contributed by atoms with Gasteiger partial charge in [0.15, 0.2) is 17.5 Å². The fourth-order valence-corrected chi connectivity index (χ4v) is 11.7. The molecule has 0 radical (unpaired) electrons. The van der Waals surface area contributed by atoms with Crippen molar-refractivity contribution in [1.29, 1.82) is 0 Å². The van der Waals surface area contributed by atoms with Gasteiger partial charge in [-0.25, -0.2) is 15.0 Å². The zero-order chi connectivity index (χ0) is 41.9. The average molecular weight is 834 g/mol. The van der Waals surface area contributed by atoms with E-state index in [1.54, 1.807) is 11.3 Å². The van der Waals surface area contributed by atoms with Gasteiger partial charge in [-0.05, 0) is 91.2 Å². The van der Waals surface area contributed by atoms with E-state index in [2.05, 4.69) is 194 Å². The summed E-state index contributed by atoms with van der Waals surface area (Å²) in [5, 5.41) is 4.73. The first-order valence-electron chi connectivity index (χ1n) is 21.8. The first-order chi connectivity index (χ1) is 31.7. The molecule has 0 bridgehead atoms. The van der Waals surface area contributed by atoms with Crippen molar-refractivity contribution in [2.45, 2.75) is 12.0 Å². The molecular formula is C59H35N3OS. The highest BCUT2D eigenvalue weighted by molar-refractivity contribution is 7.25. The summed E-state index contributed by atoms with van der Waals surface area (Å²) in [6.07, 6.45) is 2.30. The van der Waals surface area contributed by atoms with E-state index in [9.17, 15) is 0 Å². The van der Waals surface area contributed by atoms with Crippen molar-refractivity contribution < 1.29 is 4.74 Å². The first kappa shape index (κ1) is 35.6. The van der Waals surface area contributed by atoms with Gasteiger partial charge in [-0.15, -0.1) is 11.3 Å². The molecule has 0 spiro atoms. The van der Waals surface area contributed by atoms with Crippen molar-refractivity contribution in [1.82, 2.24) is 15.0 Å². The van der Waals surface area contributed by atoms with E-state index in [0.29, 0.717) is 17.5 Å². The molecule has 2 atom stereocenters. The Balaban J connectivity index is 0.893. The Kier molecular flexibility index (Phi) is 7.65. The third-order valence-corrected chi connectivity index (χ3v) is 14.6. The molecular weight excluding hydrogens is 799 g/mol. The van der Waals surface area contributed by atoms with Crippen LogP contribution in [0.4, 0.5) is 0 Å². The lowest BCUT2D eigenvalue weighted by Gasteiger charge is -2.27. The highest BCUT2D eigenvalue weighted by Gasteiger charge is 2.45. The normalized spacial score (nSPS) is 15.4. The highest BCUT2D eigenvalue weighted by Crippen LogP contribution is 2.57. The number of hydrogen-bond donors (Lipinski definition) is 0. The number of ether oxygens (including phenoxy) is 1. The summed E-state index contributed by atoms with van der Waals surface area (Å²) in [5.74, 6) is 3.03. The van der Waals surface area contributed by atoms with Gasteiger partial charge in [0.1, 0.15) is 11.9 Å². The molecule has 11 aromatic rings. The molecule has 2 unspecified atom stereocenters. The number of nitrogens with zero attached hydrogens (tertiary/aromatic N) is 3. The van der Waals surface area contributed by atoms with Crippen LogP contribution < -0.4 is 4.74 Å². The molecule has 64 heavy (non-hydrogen) atoms. The van der Waals surface area contributed by atoms with E-state index in [4.69, 9.17) is 19.7 Å². The summed E-state index contributed by atoms with van der Waals surface area (Å²) in [5.41, 5.74) is 16.6. The van der Waals surface area contributed by atoms with Crippen LogP contribution in [-0.4, -0.2) is 21.1 Å². The van der Waals surface area contributed by atoms with Gasteiger partial charge in [-0.3, -0.25) is 0 Å². The van der Waals surface area contributed by atoms with Gasteiger partial charge in [-0.1, -0.05) is 170 Å². The standard InChI is InChI=1S/C59H35N3OS/c1-2-11-34(12-3-1)35-23-25-36(26-24-35)57-60-58(39-27-29-45-44-15-6-7-22-52(44)64-53(45)33-39)62-59(61-57)48-21-10-18-41-40(17-9-19-42(41)48)37-28-30-51-49(31-37)50-32-38-13-8-20-46-43-14-4-5-16-47(43)55(54(38)46)56(50)63-51/h1-33,55-56H. The molecule has 2 aliphatic carbocycles. The van der Waals surface area contributed by atoms with Gasteiger partial charge >= 0.3 is 0 Å². The van der Waals surface area contributed by atoms with Crippen LogP contribution in [-0.2, 0) is 0 Å². The maximum Gasteiger partial charge on any atom is 0.164 e. The van der Waals surface area contributed by atoms with Crippen LogP contribution in [0.1, 0.15) is 28.2 Å². The molecule has 0 saturated carbocycles. The topological polar surface area (TPSA) is 47.9 Å². The van der Waals surface area contributed by atoms with Crippen molar-refractivity contribution in [3.8, 4) is 73.3 Å². The first-order valence-corrected chi connectivity index (χ1v) is 22.6. The Morgan fingerprint density at radius 2 is 1.02 bits per heavy atom. The highest BCUT2D eigenvalue weighted by atomic mass is 32.1. The second-order valence-electron chi connectivity index (χ2n) is 17.0. The van der Waals surface area contributed by atoms with Crippen molar-refractivity contribution in [2.24, 2.45) is 0 Å². The predicted octanol–water partition coefficient (Wildman–Crippen LogP) is 15.2. The summed E-state index contributed by atoms with van der Waals surface area (Å²) in [6, 6.07) is 69.5. The minimum atomic E-state index is -0.0666. The van der Waals surface area contributed by atoms with E-state index in [1.165, 1.54) is 59.1 Å². The summed E-state index contributed by atoms with van der Waals surface area (Å²) in [6.45, 7) is 0. The van der Waals surface area contributed by atoms with E-state index in [-0.39, 0.29) is 12.0 Å². The fourth-order valence-electron chi connectivity index (χ4n) is 10.5. The van der Waals surface area contributed by atoms with Gasteiger partial charge in [-0.2, -0.15) is 0 Å². The fraction of sp³-hybridized carbons (Fsp3) is 0.0339. The smallest absolute Gasteiger partial charge is 0.164 e. The SMILES string of the molecule is C1=C2c3cc(-c4cccc5c(-c6nc(-c7ccc(-c8ccccc8)cc7)nc(-c7ccc8c(c7)sc7ccccc78)n6)cccc45)ccc3OC2C2c3ccccc3-c3cccc1c32. The molecule has 2 aromatic heterocycles. The zero-order valence-corrected chi connectivity index (χ0v) is 35.2. The van der Waals surface area contributed by atoms with Crippen molar-refractivity contribution in [3.05, 3.63) is 216 Å². The zero-order valence-electron chi connectivity index (χ0n) is 34.4. The lowest BCUT2D eigenvalue weighted by atomic mass is 9.78. The maximum atomic E-state index is 6.89. The second-order valence-corrected chi connectivity index (χ2v) is 18.1. The van der Waals surface area contributed by atoms with Crippen LogP contribution in [0.25, 0.3) is 110 Å². The molecule has 0 amide bonds. The number of hydrogen-bond acceptors (Lipinski definition) is 5. The second kappa shape index (κ2) is 13.8. The minimum absolute atomic E-state index is 0.0666. The lowest BCUT2D eigenvalue weighted by Crippen LogP contribution is -2.25. The van der Waals surface area contributed by atoms with Gasteiger partial charge < -0.3 is 4.74 Å². The Bertz CT molecular complexity index is 3770. The minimum Gasteiger partial charge on any atom is -0.484 e. The number of thiophene rings is 1. The Labute approximate surface area is 373 Å². The third kappa shape index (κ3) is 5.38. The van der Waals surface area contributed by atoms with Gasteiger partial charge in [0, 0.05) is 48.0 Å². The summed E-state index contributed by atoms with van der Waals surface area (Å²) >= 11 is 1.80. The largest absolute Gasteiger partial charge is 0.484 e. The molecule has 3 heterocycles. The molecule has 1 aliphatic heterocycles. The Morgan fingerprint density at radius 3 is 1.91 bits per heavy atom. The Morgan fingerprint density at radius 1 is 0.391 bits per heavy atom. The predicted molar refractivity (Wildman–Crippen MR) is 263 cm³/mol. The summed E-state index contributed by atoms with van der Waals surface area (Å²) in [4.78, 5) is 15.7. The van der Waals surface area contributed by atoms with E-state index < -0.39 is 0 Å². The molecule has 0 fully saturated rings. The molecule has 3 aliphatic rings. The molecule has 5 heteroatoms. The number of fused-ring (bicyclic) bond motifs is 11. The van der Waals surface area contributed by atoms with Gasteiger partial charge in [0.2, 0.25) is 0 Å². The molecule has 298 valence electrons. The number of benzene rings is 9. The van der Waals surface area contributed by atoms with Crippen LogP contribution in [0.15, 0.2) is 194 Å². The van der Waals surface area contributed by atoms with E-state index in [1.807, 2.05) is 6.07 Å². The van der Waals surface area contributed by atoms with Crippen LogP contribution in [0.2, 0.25) is 0 Å².